The largest absolute Gasteiger partial charge is 0.411 e. The molecule has 0 aliphatic heterocycles. The number of hydrogen-bond acceptors (Lipinski definition) is 3. The molecule has 2 rings (SSSR count). The molecule has 0 fully saturated rings. The van der Waals surface area contributed by atoms with E-state index in [0.29, 0.717) is 0 Å². The van der Waals surface area contributed by atoms with Crippen LogP contribution in [-0.2, 0) is 0 Å². The lowest BCUT2D eigenvalue weighted by molar-refractivity contribution is 0.316. The van der Waals surface area contributed by atoms with Crippen LogP contribution in [-0.4, -0.2) is 10.9 Å². The van der Waals surface area contributed by atoms with Crippen molar-refractivity contribution in [1.82, 2.24) is 0 Å². The average Bonchev–Trinajstić information content (AvgIpc) is 2.32. The summed E-state index contributed by atoms with van der Waals surface area (Å²) in [4.78, 5) is 0. The van der Waals surface area contributed by atoms with E-state index in [9.17, 15) is 0 Å². The van der Waals surface area contributed by atoms with Gasteiger partial charge in [0, 0.05) is 17.7 Å². The highest BCUT2D eigenvalue weighted by atomic mass is 16.4. The summed E-state index contributed by atoms with van der Waals surface area (Å²) in [5.41, 5.74) is 11.2. The van der Waals surface area contributed by atoms with Gasteiger partial charge in [0.2, 0.25) is 0 Å². The van der Waals surface area contributed by atoms with Gasteiger partial charge in [-0.15, -0.1) is 0 Å². The lowest BCUT2D eigenvalue weighted by Crippen LogP contribution is -2.05. The Morgan fingerprint density at radius 3 is 2.75 bits per heavy atom. The van der Waals surface area contributed by atoms with Gasteiger partial charge in [-0.05, 0) is 37.5 Å². The Kier molecular flexibility index (Phi) is 2.95. The van der Waals surface area contributed by atoms with Crippen LogP contribution in [0.4, 0.5) is 5.69 Å². The predicted molar refractivity (Wildman–Crippen MR) is 66.6 cm³/mol. The molecule has 0 spiro atoms. The quantitative estimate of drug-likeness (QED) is 0.430. The molecule has 0 amide bonds. The summed E-state index contributed by atoms with van der Waals surface area (Å²) in [6.07, 6.45) is 4.53. The summed E-state index contributed by atoms with van der Waals surface area (Å²) in [6.45, 7) is 2.06. The SMILES string of the molecule is Cc1ccc(N)c(C2=CC/C(=N/O)CC2)c1. The minimum absolute atomic E-state index is 0.721. The van der Waals surface area contributed by atoms with Crippen LogP contribution in [0.1, 0.15) is 30.4 Å². The highest BCUT2D eigenvalue weighted by molar-refractivity contribution is 5.92. The number of rotatable bonds is 1. The van der Waals surface area contributed by atoms with Crippen LogP contribution in [0, 0.1) is 6.92 Å². The minimum Gasteiger partial charge on any atom is -0.411 e. The van der Waals surface area contributed by atoms with E-state index in [1.807, 2.05) is 12.1 Å². The van der Waals surface area contributed by atoms with Crippen molar-refractivity contribution in [3.05, 3.63) is 35.4 Å². The summed E-state index contributed by atoms with van der Waals surface area (Å²) < 4.78 is 0. The van der Waals surface area contributed by atoms with Gasteiger partial charge < -0.3 is 10.9 Å². The van der Waals surface area contributed by atoms with Crippen molar-refractivity contribution < 1.29 is 5.21 Å². The van der Waals surface area contributed by atoms with Crippen molar-refractivity contribution in [3.8, 4) is 0 Å². The summed E-state index contributed by atoms with van der Waals surface area (Å²) >= 11 is 0. The number of aryl methyl sites for hydroxylation is 1. The maximum absolute atomic E-state index is 8.68. The second-order valence-corrected chi connectivity index (χ2v) is 4.19. The number of hydrogen-bond donors (Lipinski definition) is 2. The summed E-state index contributed by atoms with van der Waals surface area (Å²) in [7, 11) is 0. The van der Waals surface area contributed by atoms with E-state index in [-0.39, 0.29) is 0 Å². The van der Waals surface area contributed by atoms with Crippen LogP contribution in [0.15, 0.2) is 29.4 Å². The maximum atomic E-state index is 8.68. The number of anilines is 1. The standard InChI is InChI=1S/C13H16N2O/c1-9-2-7-13(14)12(8-9)10-3-5-11(15-16)6-4-10/h2-3,7-8,16H,4-6,14H2,1H3/b15-11-. The number of oxime groups is 1. The van der Waals surface area contributed by atoms with Crippen LogP contribution in [0.25, 0.3) is 5.57 Å². The molecule has 0 radical (unpaired) electrons. The zero-order chi connectivity index (χ0) is 11.5. The van der Waals surface area contributed by atoms with Gasteiger partial charge >= 0.3 is 0 Å². The summed E-state index contributed by atoms with van der Waals surface area (Å²) in [5, 5.41) is 11.9. The van der Waals surface area contributed by atoms with Crippen molar-refractivity contribution in [1.29, 1.82) is 0 Å². The molecule has 84 valence electrons. The molecule has 1 aromatic rings. The molecule has 0 atom stereocenters. The topological polar surface area (TPSA) is 58.6 Å². The van der Waals surface area contributed by atoms with E-state index in [4.69, 9.17) is 10.9 Å². The van der Waals surface area contributed by atoms with Gasteiger partial charge in [0.1, 0.15) is 0 Å². The van der Waals surface area contributed by atoms with E-state index in [1.54, 1.807) is 0 Å². The predicted octanol–water partition coefficient (Wildman–Crippen LogP) is 2.97. The minimum atomic E-state index is 0.721. The van der Waals surface area contributed by atoms with Crippen molar-refractivity contribution in [3.63, 3.8) is 0 Å². The fourth-order valence-electron chi connectivity index (χ4n) is 2.01. The van der Waals surface area contributed by atoms with Gasteiger partial charge in [0.25, 0.3) is 0 Å². The fourth-order valence-corrected chi connectivity index (χ4v) is 2.01. The molecule has 0 unspecified atom stereocenters. The third-order valence-electron chi connectivity index (χ3n) is 2.96. The summed E-state index contributed by atoms with van der Waals surface area (Å²) in [5.74, 6) is 0. The number of nitrogens with zero attached hydrogens (tertiary/aromatic N) is 1. The molecule has 1 aliphatic rings. The normalized spacial score (nSPS) is 18.6. The first-order valence-corrected chi connectivity index (χ1v) is 5.46. The van der Waals surface area contributed by atoms with Crippen LogP contribution in [0.3, 0.4) is 0 Å². The Morgan fingerprint density at radius 1 is 1.31 bits per heavy atom. The smallest absolute Gasteiger partial charge is 0.0611 e. The van der Waals surface area contributed by atoms with Gasteiger partial charge in [0.15, 0.2) is 0 Å². The van der Waals surface area contributed by atoms with Gasteiger partial charge in [-0.2, -0.15) is 0 Å². The number of allylic oxidation sites excluding steroid dienone is 2. The van der Waals surface area contributed by atoms with Crippen LogP contribution < -0.4 is 5.73 Å². The summed E-state index contributed by atoms with van der Waals surface area (Å²) in [6, 6.07) is 6.08. The van der Waals surface area contributed by atoms with Gasteiger partial charge in [-0.3, -0.25) is 0 Å². The molecule has 1 aromatic carbocycles. The van der Waals surface area contributed by atoms with Crippen LogP contribution in [0.5, 0.6) is 0 Å². The van der Waals surface area contributed by atoms with Crippen molar-refractivity contribution in [2.24, 2.45) is 5.16 Å². The third-order valence-corrected chi connectivity index (χ3v) is 2.96. The Balaban J connectivity index is 2.32. The highest BCUT2D eigenvalue weighted by Crippen LogP contribution is 2.30. The Morgan fingerprint density at radius 2 is 2.12 bits per heavy atom. The van der Waals surface area contributed by atoms with Crippen molar-refractivity contribution in [2.45, 2.75) is 26.2 Å². The van der Waals surface area contributed by atoms with E-state index < -0.39 is 0 Å². The molecule has 0 saturated heterocycles. The molecule has 1 aliphatic carbocycles. The van der Waals surface area contributed by atoms with E-state index >= 15 is 0 Å². The molecule has 16 heavy (non-hydrogen) atoms. The molecule has 0 bridgehead atoms. The molecule has 0 heterocycles. The van der Waals surface area contributed by atoms with Crippen LogP contribution in [0.2, 0.25) is 0 Å². The zero-order valence-electron chi connectivity index (χ0n) is 9.40. The van der Waals surface area contributed by atoms with E-state index in [0.717, 1.165) is 36.2 Å². The third kappa shape index (κ3) is 2.08. The molecule has 0 aromatic heterocycles. The lowest BCUT2D eigenvalue weighted by Gasteiger charge is -2.16. The Labute approximate surface area is 95.3 Å². The average molecular weight is 216 g/mol. The van der Waals surface area contributed by atoms with Crippen molar-refractivity contribution >= 4 is 17.0 Å². The Bertz CT molecular complexity index is 461. The van der Waals surface area contributed by atoms with E-state index in [2.05, 4.69) is 24.2 Å². The fraction of sp³-hybridized carbons (Fsp3) is 0.308. The van der Waals surface area contributed by atoms with Gasteiger partial charge in [-0.1, -0.05) is 22.9 Å². The highest BCUT2D eigenvalue weighted by Gasteiger charge is 2.13. The second kappa shape index (κ2) is 4.39. The van der Waals surface area contributed by atoms with Crippen molar-refractivity contribution in [2.75, 3.05) is 5.73 Å². The van der Waals surface area contributed by atoms with Gasteiger partial charge in [-0.25, -0.2) is 0 Å². The number of nitrogen functional groups attached to an aromatic ring is 1. The maximum Gasteiger partial charge on any atom is 0.0611 e. The number of benzene rings is 1. The van der Waals surface area contributed by atoms with E-state index in [1.165, 1.54) is 11.1 Å². The Hall–Kier alpha value is -1.77. The zero-order valence-corrected chi connectivity index (χ0v) is 9.40. The van der Waals surface area contributed by atoms with Gasteiger partial charge in [0.05, 0.1) is 5.71 Å². The molecule has 3 N–H and O–H groups in total. The monoisotopic (exact) mass is 216 g/mol. The lowest BCUT2D eigenvalue weighted by atomic mass is 9.91. The van der Waals surface area contributed by atoms with Crippen LogP contribution >= 0.6 is 0 Å². The molecular weight excluding hydrogens is 200 g/mol. The molecular formula is C13H16N2O. The molecule has 0 saturated carbocycles. The molecule has 3 heteroatoms. The first-order valence-electron chi connectivity index (χ1n) is 5.46. The first kappa shape index (κ1) is 10.7. The molecule has 3 nitrogen and oxygen atoms in total. The first-order chi connectivity index (χ1) is 7.70. The second-order valence-electron chi connectivity index (χ2n) is 4.19. The number of nitrogens with two attached hydrogens (primary N) is 1.